The maximum Gasteiger partial charge on any atom is 0.408 e. The van der Waals surface area contributed by atoms with Crippen molar-refractivity contribution >= 4 is 35.6 Å². The molecule has 0 saturated carbocycles. The Morgan fingerprint density at radius 3 is 2.33 bits per heavy atom. The third kappa shape index (κ3) is 5.92. The second kappa shape index (κ2) is 8.13. The lowest BCUT2D eigenvalue weighted by atomic mass is 10.2. The molecule has 0 aliphatic carbocycles. The number of carboxylic acid groups (broad SMARTS) is 1. The van der Waals surface area contributed by atoms with Gasteiger partial charge in [-0.05, 0) is 32.9 Å². The van der Waals surface area contributed by atoms with Crippen LogP contribution in [-0.4, -0.2) is 40.2 Å². The number of aliphatic carboxylic acids is 1. The molecule has 6 nitrogen and oxygen atoms in total. The van der Waals surface area contributed by atoms with Gasteiger partial charge >= 0.3 is 12.1 Å². The topological polar surface area (TPSA) is 84.9 Å². The van der Waals surface area contributed by atoms with Crippen LogP contribution in [0, 0.1) is 0 Å². The number of nitrogens with one attached hydrogen (secondary N) is 1. The summed E-state index contributed by atoms with van der Waals surface area (Å²) < 4.78 is 10.7. The minimum absolute atomic E-state index is 0.0987. The van der Waals surface area contributed by atoms with Crippen LogP contribution in [0.25, 0.3) is 0 Å². The molecule has 1 heterocycles. The Balaban J connectivity index is 1.76. The minimum Gasteiger partial charge on any atom is -0.480 e. The first-order valence-electron chi connectivity index (χ1n) is 7.51. The molecule has 1 unspecified atom stereocenters. The van der Waals surface area contributed by atoms with E-state index in [0.717, 1.165) is 9.79 Å². The molecule has 0 aromatic heterocycles. The SMILES string of the molecule is CC(C)(C)OC(=O)NC(CCOC1Sc2ccccc2S1)C(=O)O. The molecule has 1 aliphatic heterocycles. The van der Waals surface area contributed by atoms with Crippen molar-refractivity contribution in [2.24, 2.45) is 0 Å². The van der Waals surface area contributed by atoms with Crippen LogP contribution in [0.3, 0.4) is 0 Å². The van der Waals surface area contributed by atoms with Crippen molar-refractivity contribution in [2.45, 2.75) is 53.4 Å². The van der Waals surface area contributed by atoms with Crippen LogP contribution in [0.2, 0.25) is 0 Å². The Bertz CT molecular complexity index is 577. The van der Waals surface area contributed by atoms with E-state index in [1.165, 1.54) is 0 Å². The average Bonchev–Trinajstić information content (AvgIpc) is 2.86. The smallest absolute Gasteiger partial charge is 0.408 e. The maximum atomic E-state index is 11.7. The Hall–Kier alpha value is -1.38. The number of carbonyl (C=O) groups is 2. The number of fused-ring (bicyclic) bond motifs is 1. The van der Waals surface area contributed by atoms with E-state index < -0.39 is 23.7 Å². The van der Waals surface area contributed by atoms with E-state index in [-0.39, 0.29) is 17.8 Å². The van der Waals surface area contributed by atoms with Crippen LogP contribution in [0.15, 0.2) is 34.1 Å². The van der Waals surface area contributed by atoms with Gasteiger partial charge < -0.3 is 19.9 Å². The lowest BCUT2D eigenvalue weighted by Gasteiger charge is -2.22. The second-order valence-electron chi connectivity index (χ2n) is 6.17. The highest BCUT2D eigenvalue weighted by Gasteiger charge is 2.26. The van der Waals surface area contributed by atoms with Crippen LogP contribution in [0.4, 0.5) is 4.79 Å². The van der Waals surface area contributed by atoms with Gasteiger partial charge in [-0.15, -0.1) is 0 Å². The normalized spacial score (nSPS) is 15.6. The Morgan fingerprint density at radius 1 is 1.25 bits per heavy atom. The monoisotopic (exact) mass is 371 g/mol. The summed E-state index contributed by atoms with van der Waals surface area (Å²) in [5.41, 5.74) is -0.674. The predicted molar refractivity (Wildman–Crippen MR) is 93.3 cm³/mol. The zero-order valence-corrected chi connectivity index (χ0v) is 15.4. The summed E-state index contributed by atoms with van der Waals surface area (Å²) in [5, 5.41) is 11.6. The third-order valence-electron chi connectivity index (χ3n) is 2.95. The van der Waals surface area contributed by atoms with Gasteiger partial charge in [-0.2, -0.15) is 0 Å². The summed E-state index contributed by atoms with van der Waals surface area (Å²) >= 11 is 3.20. The third-order valence-corrected chi connectivity index (χ3v) is 5.53. The number of hydrogen-bond donors (Lipinski definition) is 2. The van der Waals surface area contributed by atoms with Crippen LogP contribution in [-0.2, 0) is 14.3 Å². The van der Waals surface area contributed by atoms with Gasteiger partial charge in [-0.3, -0.25) is 0 Å². The van der Waals surface area contributed by atoms with Gasteiger partial charge in [-0.1, -0.05) is 35.7 Å². The Labute approximate surface area is 149 Å². The fraction of sp³-hybridized carbons (Fsp3) is 0.500. The maximum absolute atomic E-state index is 11.7. The molecule has 1 aromatic carbocycles. The number of rotatable bonds is 6. The molecule has 1 atom stereocenters. The molecule has 1 aliphatic rings. The minimum atomic E-state index is -1.11. The fourth-order valence-electron chi connectivity index (χ4n) is 1.93. The fourth-order valence-corrected chi connectivity index (χ4v) is 4.46. The van der Waals surface area contributed by atoms with Gasteiger partial charge in [0.05, 0.1) is 6.61 Å². The summed E-state index contributed by atoms with van der Waals surface area (Å²) in [5.74, 6) is -1.11. The number of carbonyl (C=O) groups excluding carboxylic acids is 1. The highest BCUT2D eigenvalue weighted by Crippen LogP contribution is 2.47. The largest absolute Gasteiger partial charge is 0.480 e. The molecule has 0 spiro atoms. The van der Waals surface area contributed by atoms with E-state index in [2.05, 4.69) is 5.32 Å². The van der Waals surface area contributed by atoms with Gasteiger partial charge in [-0.25, -0.2) is 9.59 Å². The second-order valence-corrected chi connectivity index (χ2v) is 8.67. The number of hydrogen-bond acceptors (Lipinski definition) is 6. The standard InChI is InChI=1S/C16H21NO5S2/c1-16(2,3)22-14(20)17-10(13(18)19)8-9-21-15-23-11-6-4-5-7-12(11)24-15/h4-7,10,15H,8-9H2,1-3H3,(H,17,20)(H,18,19). The van der Waals surface area contributed by atoms with Crippen LogP contribution < -0.4 is 5.32 Å². The van der Waals surface area contributed by atoms with Gasteiger partial charge in [0.15, 0.2) is 4.77 Å². The molecule has 0 radical (unpaired) electrons. The molecule has 1 aromatic rings. The summed E-state index contributed by atoms with van der Waals surface area (Å²) in [6.45, 7) is 5.39. The molecule has 132 valence electrons. The first kappa shape index (κ1) is 19.0. The molecule has 2 rings (SSSR count). The van der Waals surface area contributed by atoms with Gasteiger partial charge in [0.2, 0.25) is 0 Å². The lowest BCUT2D eigenvalue weighted by Crippen LogP contribution is -2.44. The molecule has 0 fully saturated rings. The van der Waals surface area contributed by atoms with E-state index in [1.54, 1.807) is 44.3 Å². The predicted octanol–water partition coefficient (Wildman–Crippen LogP) is 3.55. The van der Waals surface area contributed by atoms with Crippen molar-refractivity contribution < 1.29 is 24.2 Å². The number of ether oxygens (including phenoxy) is 2. The van der Waals surface area contributed by atoms with Crippen molar-refractivity contribution in [3.8, 4) is 0 Å². The summed E-state index contributed by atoms with van der Waals surface area (Å²) in [6.07, 6.45) is -0.574. The number of amides is 1. The first-order valence-corrected chi connectivity index (χ1v) is 9.27. The molecule has 24 heavy (non-hydrogen) atoms. The van der Waals surface area contributed by atoms with Crippen LogP contribution >= 0.6 is 23.5 Å². The van der Waals surface area contributed by atoms with Gasteiger partial charge in [0.1, 0.15) is 11.6 Å². The van der Waals surface area contributed by atoms with Crippen molar-refractivity contribution in [3.05, 3.63) is 24.3 Å². The summed E-state index contributed by atoms with van der Waals surface area (Å²) in [7, 11) is 0. The van der Waals surface area contributed by atoms with E-state index in [1.807, 2.05) is 24.3 Å². The highest BCUT2D eigenvalue weighted by atomic mass is 32.2. The van der Waals surface area contributed by atoms with E-state index in [9.17, 15) is 14.7 Å². The quantitative estimate of drug-likeness (QED) is 0.791. The Kier molecular flexibility index (Phi) is 6.42. The molecule has 8 heteroatoms. The molecule has 2 N–H and O–H groups in total. The number of benzene rings is 1. The van der Waals surface area contributed by atoms with E-state index in [0.29, 0.717) is 0 Å². The van der Waals surface area contributed by atoms with Gasteiger partial charge in [0.25, 0.3) is 0 Å². The summed E-state index contributed by atoms with van der Waals surface area (Å²) in [6, 6.07) is 6.96. The molecular formula is C16H21NO5S2. The van der Waals surface area contributed by atoms with Gasteiger partial charge in [0, 0.05) is 16.2 Å². The lowest BCUT2D eigenvalue weighted by molar-refractivity contribution is -0.140. The molecule has 0 saturated heterocycles. The molecular weight excluding hydrogens is 350 g/mol. The van der Waals surface area contributed by atoms with Crippen molar-refractivity contribution in [2.75, 3.05) is 6.61 Å². The average molecular weight is 371 g/mol. The molecule has 1 amide bonds. The van der Waals surface area contributed by atoms with Crippen molar-refractivity contribution in [1.82, 2.24) is 5.32 Å². The van der Waals surface area contributed by atoms with Crippen molar-refractivity contribution in [1.29, 1.82) is 0 Å². The van der Waals surface area contributed by atoms with E-state index >= 15 is 0 Å². The van der Waals surface area contributed by atoms with Crippen LogP contribution in [0.5, 0.6) is 0 Å². The number of alkyl carbamates (subject to hydrolysis) is 1. The summed E-state index contributed by atoms with van der Waals surface area (Å²) in [4.78, 5) is 25.3. The molecule has 0 bridgehead atoms. The zero-order valence-electron chi connectivity index (χ0n) is 13.8. The number of thioether (sulfide) groups is 2. The van der Waals surface area contributed by atoms with E-state index in [4.69, 9.17) is 9.47 Å². The number of carboxylic acids is 1. The van der Waals surface area contributed by atoms with Crippen LogP contribution in [0.1, 0.15) is 27.2 Å². The Morgan fingerprint density at radius 2 is 1.83 bits per heavy atom. The first-order chi connectivity index (χ1) is 11.2. The highest BCUT2D eigenvalue weighted by molar-refractivity contribution is 8.19. The zero-order chi connectivity index (χ0) is 17.7. The van der Waals surface area contributed by atoms with Crippen molar-refractivity contribution in [3.63, 3.8) is 0 Å².